The van der Waals surface area contributed by atoms with Gasteiger partial charge in [0.05, 0.1) is 11.9 Å². The zero-order valence-corrected chi connectivity index (χ0v) is 12.1. The van der Waals surface area contributed by atoms with Crippen molar-refractivity contribution in [2.75, 3.05) is 0 Å². The summed E-state index contributed by atoms with van der Waals surface area (Å²) in [6.07, 6.45) is 1.73. The smallest absolute Gasteiger partial charge is 0.192 e. The van der Waals surface area contributed by atoms with Gasteiger partial charge in [-0.05, 0) is 40.2 Å². The summed E-state index contributed by atoms with van der Waals surface area (Å²) in [5.41, 5.74) is 4.27. The van der Waals surface area contributed by atoms with Crippen LogP contribution in [0.3, 0.4) is 0 Å². The average Bonchev–Trinajstić information content (AvgIpc) is 3.00. The van der Waals surface area contributed by atoms with Crippen LogP contribution >= 0.6 is 15.9 Å². The molecule has 0 fully saturated rings. The Bertz CT molecular complexity index is 941. The Morgan fingerprint density at radius 1 is 1.20 bits per heavy atom. The number of rotatable bonds is 1. The fourth-order valence-electron chi connectivity index (χ4n) is 2.20. The first-order valence-corrected chi connectivity index (χ1v) is 6.88. The third-order valence-electron chi connectivity index (χ3n) is 3.11. The largest absolute Gasteiger partial charge is 0.441 e. The van der Waals surface area contributed by atoms with E-state index in [1.54, 1.807) is 10.7 Å². The van der Waals surface area contributed by atoms with Crippen molar-refractivity contribution in [1.29, 1.82) is 0 Å². The van der Waals surface area contributed by atoms with Gasteiger partial charge in [0.2, 0.25) is 0 Å². The monoisotopic (exact) mass is 328 g/mol. The molecule has 3 heterocycles. The maximum absolute atomic E-state index is 5.56. The standard InChI is InChI=1S/C14H9BrN4O/c1-8-17-11-3-2-9(6-12(11)20-8)10-4-5-14-16-7-13(15)19(14)18-10/h2-7H,1H3. The third-order valence-corrected chi connectivity index (χ3v) is 3.65. The lowest BCUT2D eigenvalue weighted by atomic mass is 10.1. The molecule has 0 aliphatic carbocycles. The number of oxazole rings is 1. The van der Waals surface area contributed by atoms with Crippen molar-refractivity contribution >= 4 is 32.7 Å². The van der Waals surface area contributed by atoms with Gasteiger partial charge in [-0.15, -0.1) is 0 Å². The molecule has 0 aliphatic rings. The molecule has 0 unspecified atom stereocenters. The lowest BCUT2D eigenvalue weighted by molar-refractivity contribution is 0.561. The Morgan fingerprint density at radius 2 is 2.10 bits per heavy atom. The van der Waals surface area contributed by atoms with Crippen LogP contribution in [0, 0.1) is 6.92 Å². The number of halogens is 1. The van der Waals surface area contributed by atoms with Gasteiger partial charge in [0, 0.05) is 12.5 Å². The molecule has 6 heteroatoms. The molecule has 0 amide bonds. The maximum atomic E-state index is 5.56. The summed E-state index contributed by atoms with van der Waals surface area (Å²) >= 11 is 3.43. The van der Waals surface area contributed by atoms with Gasteiger partial charge in [0.15, 0.2) is 17.1 Å². The molecule has 5 nitrogen and oxygen atoms in total. The molecule has 4 aromatic rings. The number of nitrogens with zero attached hydrogens (tertiary/aromatic N) is 4. The van der Waals surface area contributed by atoms with Crippen LogP contribution < -0.4 is 0 Å². The van der Waals surface area contributed by atoms with Crippen molar-refractivity contribution in [1.82, 2.24) is 19.6 Å². The number of aromatic nitrogens is 4. The molecule has 0 N–H and O–H groups in total. The minimum absolute atomic E-state index is 0.665. The first kappa shape index (κ1) is 11.6. The lowest BCUT2D eigenvalue weighted by Crippen LogP contribution is -1.94. The van der Waals surface area contributed by atoms with Crippen molar-refractivity contribution in [3.63, 3.8) is 0 Å². The van der Waals surface area contributed by atoms with Crippen molar-refractivity contribution in [3.05, 3.63) is 47.0 Å². The van der Waals surface area contributed by atoms with Crippen LogP contribution in [0.2, 0.25) is 0 Å². The van der Waals surface area contributed by atoms with Gasteiger partial charge < -0.3 is 4.42 Å². The van der Waals surface area contributed by atoms with Crippen molar-refractivity contribution in [2.24, 2.45) is 0 Å². The topological polar surface area (TPSA) is 56.2 Å². The molecule has 0 saturated heterocycles. The maximum Gasteiger partial charge on any atom is 0.192 e. The predicted octanol–water partition coefficient (Wildman–Crippen LogP) is 3.61. The second-order valence-corrected chi connectivity index (χ2v) is 5.30. The number of hydrogen-bond acceptors (Lipinski definition) is 4. The predicted molar refractivity (Wildman–Crippen MR) is 78.4 cm³/mol. The van der Waals surface area contributed by atoms with Crippen LogP contribution in [-0.4, -0.2) is 19.6 Å². The van der Waals surface area contributed by atoms with E-state index in [-0.39, 0.29) is 0 Å². The van der Waals surface area contributed by atoms with E-state index in [2.05, 4.69) is 31.0 Å². The zero-order valence-electron chi connectivity index (χ0n) is 10.5. The van der Waals surface area contributed by atoms with E-state index in [1.165, 1.54) is 0 Å². The van der Waals surface area contributed by atoms with E-state index in [1.807, 2.05) is 37.3 Å². The van der Waals surface area contributed by atoms with E-state index in [4.69, 9.17) is 4.42 Å². The normalized spacial score (nSPS) is 11.5. The molecule has 0 aliphatic heterocycles. The summed E-state index contributed by atoms with van der Waals surface area (Å²) in [6.45, 7) is 1.84. The van der Waals surface area contributed by atoms with Gasteiger partial charge in [-0.25, -0.2) is 14.5 Å². The van der Waals surface area contributed by atoms with E-state index < -0.39 is 0 Å². The molecule has 0 saturated carbocycles. The molecule has 0 bridgehead atoms. The first-order chi connectivity index (χ1) is 9.70. The first-order valence-electron chi connectivity index (χ1n) is 6.08. The van der Waals surface area contributed by atoms with Gasteiger partial charge in [-0.1, -0.05) is 6.07 Å². The summed E-state index contributed by atoms with van der Waals surface area (Å²) in [5.74, 6) is 0.665. The fourth-order valence-corrected chi connectivity index (χ4v) is 2.56. The molecular weight excluding hydrogens is 320 g/mol. The fraction of sp³-hybridized carbons (Fsp3) is 0.0714. The molecule has 0 radical (unpaired) electrons. The highest BCUT2D eigenvalue weighted by atomic mass is 79.9. The summed E-state index contributed by atoms with van der Waals surface area (Å²) in [6, 6.07) is 9.76. The molecule has 4 rings (SSSR count). The minimum atomic E-state index is 0.665. The van der Waals surface area contributed by atoms with Crippen LogP contribution in [0.5, 0.6) is 0 Å². The molecule has 0 atom stereocenters. The summed E-state index contributed by atoms with van der Waals surface area (Å²) < 4.78 is 8.14. The molecule has 20 heavy (non-hydrogen) atoms. The molecule has 1 aromatic carbocycles. The Morgan fingerprint density at radius 3 is 3.00 bits per heavy atom. The van der Waals surface area contributed by atoms with Crippen LogP contribution in [0.4, 0.5) is 0 Å². The van der Waals surface area contributed by atoms with Crippen molar-refractivity contribution in [2.45, 2.75) is 6.92 Å². The van der Waals surface area contributed by atoms with Crippen molar-refractivity contribution < 1.29 is 4.42 Å². The van der Waals surface area contributed by atoms with Crippen LogP contribution in [0.15, 0.2) is 45.5 Å². The van der Waals surface area contributed by atoms with Gasteiger partial charge in [0.1, 0.15) is 10.1 Å². The molecule has 0 spiro atoms. The Hall–Kier alpha value is -2.21. The number of hydrogen-bond donors (Lipinski definition) is 0. The quantitative estimate of drug-likeness (QED) is 0.535. The van der Waals surface area contributed by atoms with Gasteiger partial charge in [0.25, 0.3) is 0 Å². The lowest BCUT2D eigenvalue weighted by Gasteiger charge is -2.02. The van der Waals surface area contributed by atoms with E-state index in [9.17, 15) is 0 Å². The number of imidazole rings is 1. The second kappa shape index (κ2) is 4.14. The number of fused-ring (bicyclic) bond motifs is 2. The highest BCUT2D eigenvalue weighted by Gasteiger charge is 2.08. The summed E-state index contributed by atoms with van der Waals surface area (Å²) in [5, 5.41) is 4.56. The van der Waals surface area contributed by atoms with E-state index in [0.717, 1.165) is 32.6 Å². The average molecular weight is 329 g/mol. The SMILES string of the molecule is Cc1nc2ccc(-c3ccc4ncc(Br)n4n3)cc2o1. The van der Waals surface area contributed by atoms with E-state index >= 15 is 0 Å². The highest BCUT2D eigenvalue weighted by molar-refractivity contribution is 9.10. The Kier molecular flexibility index (Phi) is 2.40. The van der Waals surface area contributed by atoms with Crippen LogP contribution in [-0.2, 0) is 0 Å². The van der Waals surface area contributed by atoms with E-state index in [0.29, 0.717) is 5.89 Å². The second-order valence-electron chi connectivity index (χ2n) is 4.48. The Labute approximate surface area is 122 Å². The van der Waals surface area contributed by atoms with Gasteiger partial charge in [-0.2, -0.15) is 5.10 Å². The molecule has 98 valence electrons. The number of aryl methyl sites for hydroxylation is 1. The Balaban J connectivity index is 1.92. The van der Waals surface area contributed by atoms with Gasteiger partial charge >= 0.3 is 0 Å². The minimum Gasteiger partial charge on any atom is -0.441 e. The number of benzene rings is 1. The summed E-state index contributed by atoms with van der Waals surface area (Å²) in [7, 11) is 0. The van der Waals surface area contributed by atoms with Gasteiger partial charge in [-0.3, -0.25) is 0 Å². The molecular formula is C14H9BrN4O. The third kappa shape index (κ3) is 1.72. The summed E-state index contributed by atoms with van der Waals surface area (Å²) in [4.78, 5) is 8.53. The van der Waals surface area contributed by atoms with Crippen LogP contribution in [0.25, 0.3) is 28.0 Å². The van der Waals surface area contributed by atoms with Crippen LogP contribution in [0.1, 0.15) is 5.89 Å². The van der Waals surface area contributed by atoms with Crippen molar-refractivity contribution in [3.8, 4) is 11.3 Å². The molecule has 3 aromatic heterocycles. The highest BCUT2D eigenvalue weighted by Crippen LogP contribution is 2.24. The zero-order chi connectivity index (χ0) is 13.7.